The number of nitrogens with one attached hydrogen (secondary N) is 1. The predicted octanol–water partition coefficient (Wildman–Crippen LogP) is 3.25. The van der Waals surface area contributed by atoms with Crippen LogP contribution in [0.5, 0.6) is 0 Å². The molecule has 1 fully saturated rings. The Morgan fingerprint density at radius 2 is 1.54 bits per heavy atom. The lowest BCUT2D eigenvalue weighted by Crippen LogP contribution is -2.46. The summed E-state index contributed by atoms with van der Waals surface area (Å²) in [5.41, 5.74) is 3.46. The van der Waals surface area contributed by atoms with E-state index in [4.69, 9.17) is 0 Å². The van der Waals surface area contributed by atoms with Crippen molar-refractivity contribution in [2.45, 2.75) is 6.92 Å². The number of para-hydroxylation sites is 1. The SMILES string of the molecule is Cc1ccc(Nc2nncc(N3CCN(c4ccccc4)CC3)n2)cc1. The Morgan fingerprint density at radius 3 is 2.27 bits per heavy atom. The molecule has 0 atom stereocenters. The van der Waals surface area contributed by atoms with Crippen LogP contribution in [0.2, 0.25) is 0 Å². The van der Waals surface area contributed by atoms with E-state index >= 15 is 0 Å². The zero-order valence-electron chi connectivity index (χ0n) is 14.8. The van der Waals surface area contributed by atoms with Crippen LogP contribution >= 0.6 is 0 Å². The first-order valence-corrected chi connectivity index (χ1v) is 8.86. The number of hydrogen-bond donors (Lipinski definition) is 1. The summed E-state index contributed by atoms with van der Waals surface area (Å²) in [6, 6.07) is 18.7. The third kappa shape index (κ3) is 3.74. The molecule has 1 N–H and O–H groups in total. The molecule has 1 aliphatic heterocycles. The fourth-order valence-corrected chi connectivity index (χ4v) is 3.10. The van der Waals surface area contributed by atoms with Crippen molar-refractivity contribution in [1.82, 2.24) is 15.2 Å². The van der Waals surface area contributed by atoms with Gasteiger partial charge in [0.1, 0.15) is 0 Å². The Bertz CT molecular complexity index is 842. The fraction of sp³-hybridized carbons (Fsp3) is 0.250. The lowest BCUT2D eigenvalue weighted by Gasteiger charge is -2.36. The maximum absolute atomic E-state index is 4.63. The zero-order valence-corrected chi connectivity index (χ0v) is 14.8. The van der Waals surface area contributed by atoms with Crippen LogP contribution in [0.25, 0.3) is 0 Å². The Morgan fingerprint density at radius 1 is 0.846 bits per heavy atom. The monoisotopic (exact) mass is 346 g/mol. The van der Waals surface area contributed by atoms with Crippen molar-refractivity contribution >= 4 is 23.1 Å². The molecule has 132 valence electrons. The largest absolute Gasteiger partial charge is 0.368 e. The maximum Gasteiger partial charge on any atom is 0.249 e. The molecule has 2 heterocycles. The molecule has 0 amide bonds. The van der Waals surface area contributed by atoms with Crippen molar-refractivity contribution in [1.29, 1.82) is 0 Å². The van der Waals surface area contributed by atoms with E-state index < -0.39 is 0 Å². The van der Waals surface area contributed by atoms with Crippen molar-refractivity contribution in [3.63, 3.8) is 0 Å². The van der Waals surface area contributed by atoms with E-state index in [0.717, 1.165) is 37.7 Å². The van der Waals surface area contributed by atoms with Gasteiger partial charge in [-0.2, -0.15) is 10.1 Å². The molecule has 3 aromatic rings. The molecule has 1 aromatic heterocycles. The third-order valence-electron chi connectivity index (χ3n) is 4.58. The summed E-state index contributed by atoms with van der Waals surface area (Å²) in [6.45, 7) is 5.83. The van der Waals surface area contributed by atoms with Crippen molar-refractivity contribution < 1.29 is 0 Å². The molecule has 0 spiro atoms. The van der Waals surface area contributed by atoms with Crippen molar-refractivity contribution in [2.24, 2.45) is 0 Å². The van der Waals surface area contributed by atoms with Crippen LogP contribution in [0.4, 0.5) is 23.1 Å². The minimum Gasteiger partial charge on any atom is -0.368 e. The highest BCUT2D eigenvalue weighted by atomic mass is 15.3. The second-order valence-electron chi connectivity index (χ2n) is 6.44. The first-order valence-electron chi connectivity index (χ1n) is 8.86. The van der Waals surface area contributed by atoms with Gasteiger partial charge in [0.15, 0.2) is 5.82 Å². The van der Waals surface area contributed by atoms with E-state index in [1.54, 1.807) is 6.20 Å². The van der Waals surface area contributed by atoms with Crippen molar-refractivity contribution in [2.75, 3.05) is 41.3 Å². The number of rotatable bonds is 4. The van der Waals surface area contributed by atoms with Gasteiger partial charge in [-0.15, -0.1) is 5.10 Å². The van der Waals surface area contributed by atoms with Gasteiger partial charge in [0.25, 0.3) is 0 Å². The summed E-state index contributed by atoms with van der Waals surface area (Å²) in [5, 5.41) is 11.4. The van der Waals surface area contributed by atoms with Crippen LogP contribution in [0.3, 0.4) is 0 Å². The number of hydrogen-bond acceptors (Lipinski definition) is 6. The molecule has 6 heteroatoms. The van der Waals surface area contributed by atoms with Crippen LogP contribution in [-0.4, -0.2) is 41.4 Å². The van der Waals surface area contributed by atoms with Gasteiger partial charge in [0.05, 0.1) is 6.20 Å². The van der Waals surface area contributed by atoms with E-state index in [1.165, 1.54) is 11.3 Å². The zero-order chi connectivity index (χ0) is 17.8. The minimum atomic E-state index is 0.525. The number of piperazine rings is 1. The van der Waals surface area contributed by atoms with Gasteiger partial charge in [0.2, 0.25) is 5.95 Å². The maximum atomic E-state index is 4.63. The Hall–Kier alpha value is -3.15. The van der Waals surface area contributed by atoms with Crippen LogP contribution < -0.4 is 15.1 Å². The van der Waals surface area contributed by atoms with E-state index in [-0.39, 0.29) is 0 Å². The predicted molar refractivity (Wildman–Crippen MR) is 105 cm³/mol. The lowest BCUT2D eigenvalue weighted by molar-refractivity contribution is 0.645. The number of aromatic nitrogens is 3. The molecule has 26 heavy (non-hydrogen) atoms. The number of benzene rings is 2. The number of anilines is 4. The van der Waals surface area contributed by atoms with Crippen LogP contribution in [0, 0.1) is 6.92 Å². The van der Waals surface area contributed by atoms with Crippen LogP contribution in [0.15, 0.2) is 60.8 Å². The van der Waals surface area contributed by atoms with Crippen LogP contribution in [-0.2, 0) is 0 Å². The Labute approximate surface area is 153 Å². The molecule has 1 saturated heterocycles. The number of aryl methyl sites for hydroxylation is 1. The summed E-state index contributed by atoms with van der Waals surface area (Å²) in [5.74, 6) is 1.39. The van der Waals surface area contributed by atoms with Gasteiger partial charge in [-0.1, -0.05) is 35.9 Å². The van der Waals surface area contributed by atoms with E-state index in [2.05, 4.69) is 79.7 Å². The summed E-state index contributed by atoms with van der Waals surface area (Å²) in [4.78, 5) is 9.29. The molecule has 0 radical (unpaired) electrons. The smallest absolute Gasteiger partial charge is 0.249 e. The molecule has 0 bridgehead atoms. The van der Waals surface area contributed by atoms with E-state index in [1.807, 2.05) is 12.1 Å². The fourth-order valence-electron chi connectivity index (χ4n) is 3.10. The van der Waals surface area contributed by atoms with Gasteiger partial charge < -0.3 is 15.1 Å². The highest BCUT2D eigenvalue weighted by molar-refractivity contribution is 5.55. The van der Waals surface area contributed by atoms with Crippen LogP contribution in [0.1, 0.15) is 5.56 Å². The summed E-state index contributed by atoms with van der Waals surface area (Å²) in [6.07, 6.45) is 1.73. The van der Waals surface area contributed by atoms with Gasteiger partial charge in [-0.3, -0.25) is 0 Å². The molecular formula is C20H22N6. The average molecular weight is 346 g/mol. The standard InChI is InChI=1S/C20H22N6/c1-16-7-9-17(10-8-16)22-20-23-19(15-21-24-20)26-13-11-25(12-14-26)18-5-3-2-4-6-18/h2-10,15H,11-14H2,1H3,(H,22,23,24). The normalized spacial score (nSPS) is 14.3. The van der Waals surface area contributed by atoms with E-state index in [9.17, 15) is 0 Å². The topological polar surface area (TPSA) is 57.2 Å². The molecule has 2 aromatic carbocycles. The first kappa shape index (κ1) is 16.3. The third-order valence-corrected chi connectivity index (χ3v) is 4.58. The first-order chi connectivity index (χ1) is 12.8. The summed E-state index contributed by atoms with van der Waals surface area (Å²) < 4.78 is 0. The second kappa shape index (κ2) is 7.39. The molecule has 0 aliphatic carbocycles. The van der Waals surface area contributed by atoms with Crippen molar-refractivity contribution in [3.8, 4) is 0 Å². The van der Waals surface area contributed by atoms with Gasteiger partial charge in [-0.05, 0) is 31.2 Å². The molecule has 0 saturated carbocycles. The van der Waals surface area contributed by atoms with Gasteiger partial charge in [-0.25, -0.2) is 0 Å². The highest BCUT2D eigenvalue weighted by Crippen LogP contribution is 2.20. The lowest BCUT2D eigenvalue weighted by atomic mass is 10.2. The average Bonchev–Trinajstić information content (AvgIpc) is 2.71. The van der Waals surface area contributed by atoms with Crippen molar-refractivity contribution in [3.05, 3.63) is 66.4 Å². The Balaban J connectivity index is 1.42. The van der Waals surface area contributed by atoms with E-state index in [0.29, 0.717) is 5.95 Å². The van der Waals surface area contributed by atoms with Gasteiger partial charge in [0, 0.05) is 37.6 Å². The minimum absolute atomic E-state index is 0.525. The second-order valence-corrected chi connectivity index (χ2v) is 6.44. The summed E-state index contributed by atoms with van der Waals surface area (Å²) in [7, 11) is 0. The molecule has 6 nitrogen and oxygen atoms in total. The molecular weight excluding hydrogens is 324 g/mol. The quantitative estimate of drug-likeness (QED) is 0.783. The highest BCUT2D eigenvalue weighted by Gasteiger charge is 2.19. The number of nitrogens with zero attached hydrogens (tertiary/aromatic N) is 5. The Kier molecular flexibility index (Phi) is 4.64. The van der Waals surface area contributed by atoms with Gasteiger partial charge >= 0.3 is 0 Å². The molecule has 1 aliphatic rings. The molecule has 0 unspecified atom stereocenters. The molecule has 4 rings (SSSR count). The summed E-state index contributed by atoms with van der Waals surface area (Å²) >= 11 is 0.